The molecule has 0 aromatic carbocycles. The SMILES string of the molecule is P.[B].[Co].[Ni].[Zn]. The zero-order valence-corrected chi connectivity index (χ0v) is 9.05. The molecule has 0 rings (SSSR count). The zero-order valence-electron chi connectivity index (χ0n) is 2.64. The second-order valence-corrected chi connectivity index (χ2v) is 0. The van der Waals surface area contributed by atoms with Crippen LogP contribution >= 0.6 is 9.90 Å². The summed E-state index contributed by atoms with van der Waals surface area (Å²) in [7, 11) is 0. The molecule has 1 unspecified atom stereocenters. The van der Waals surface area contributed by atoms with Crippen LogP contribution in [0.2, 0.25) is 0 Å². The topological polar surface area (TPSA) is 0 Å². The first-order chi connectivity index (χ1) is 0. The van der Waals surface area contributed by atoms with Crippen molar-refractivity contribution >= 4 is 18.3 Å². The van der Waals surface area contributed by atoms with E-state index in [9.17, 15) is 0 Å². The molecule has 5 heteroatoms. The monoisotopic (exact) mass is 226 g/mol. The van der Waals surface area contributed by atoms with E-state index in [0.29, 0.717) is 0 Å². The van der Waals surface area contributed by atoms with E-state index in [0.717, 1.165) is 0 Å². The summed E-state index contributed by atoms with van der Waals surface area (Å²) >= 11 is 0. The fraction of sp³-hybridized carbons (Fsp3) is 0. The Kier molecular flexibility index (Phi) is 424. The minimum atomic E-state index is 0. The third-order valence-electron chi connectivity index (χ3n) is 0. The van der Waals surface area contributed by atoms with Crippen LogP contribution in [0.15, 0.2) is 0 Å². The van der Waals surface area contributed by atoms with Crippen LogP contribution in [0, 0.1) is 0 Å². The van der Waals surface area contributed by atoms with Crippen LogP contribution in [0.3, 0.4) is 0 Å². The minimum Gasteiger partial charge on any atom is -0.153 e. The fourth-order valence-corrected chi connectivity index (χ4v) is 0. The van der Waals surface area contributed by atoms with Crippen LogP contribution in [-0.4, -0.2) is 8.41 Å². The van der Waals surface area contributed by atoms with Crippen LogP contribution in [0.1, 0.15) is 0 Å². The van der Waals surface area contributed by atoms with Crippen molar-refractivity contribution in [3.8, 4) is 0 Å². The largest absolute Gasteiger partial charge is 0.153 e. The van der Waals surface area contributed by atoms with Crippen molar-refractivity contribution in [2.24, 2.45) is 0 Å². The normalized spacial score (nSPS) is 0. The van der Waals surface area contributed by atoms with Crippen molar-refractivity contribution in [1.82, 2.24) is 0 Å². The summed E-state index contributed by atoms with van der Waals surface area (Å²) in [6.07, 6.45) is 0. The van der Waals surface area contributed by atoms with Crippen molar-refractivity contribution in [3.63, 3.8) is 0 Å². The molecule has 0 nitrogen and oxygen atoms in total. The molecule has 0 amide bonds. The van der Waals surface area contributed by atoms with E-state index in [1.165, 1.54) is 0 Å². The molecule has 4 radical (unpaired) electrons. The molecule has 0 N–H and O–H groups in total. The molecule has 0 aromatic rings. The van der Waals surface area contributed by atoms with Crippen molar-refractivity contribution in [3.05, 3.63) is 0 Å². The van der Waals surface area contributed by atoms with Crippen molar-refractivity contribution in [2.45, 2.75) is 0 Å². The quantitative estimate of drug-likeness (QED) is 0.393. The first-order valence-corrected chi connectivity index (χ1v) is 0. The molecule has 0 heterocycles. The van der Waals surface area contributed by atoms with Crippen LogP contribution in [0.5, 0.6) is 0 Å². The van der Waals surface area contributed by atoms with Crippen molar-refractivity contribution < 1.29 is 52.7 Å². The Labute approximate surface area is 70.7 Å². The van der Waals surface area contributed by atoms with E-state index in [1.807, 2.05) is 0 Å². The van der Waals surface area contributed by atoms with Crippen molar-refractivity contribution in [1.29, 1.82) is 0 Å². The number of hydrogen-bond acceptors (Lipinski definition) is 0. The summed E-state index contributed by atoms with van der Waals surface area (Å²) in [6.45, 7) is 0. The molecule has 1 atom stereocenters. The molecular formula is H3BCoNiPZn. The Morgan fingerprint density at radius 2 is 1.00 bits per heavy atom. The van der Waals surface area contributed by atoms with E-state index in [2.05, 4.69) is 0 Å². The Hall–Kier alpha value is 2.12. The van der Waals surface area contributed by atoms with Crippen LogP contribution in [0.4, 0.5) is 0 Å². The van der Waals surface area contributed by atoms with Gasteiger partial charge in [-0.15, -0.1) is 0 Å². The zero-order chi connectivity index (χ0) is 0. The molecule has 0 aliphatic rings. The average Bonchev–Trinajstić information content (AvgIpc) is 0. The van der Waals surface area contributed by atoms with Gasteiger partial charge in [0.25, 0.3) is 0 Å². The maximum atomic E-state index is 0. The molecule has 0 spiro atoms. The van der Waals surface area contributed by atoms with Gasteiger partial charge in [-0.05, 0) is 0 Å². The fourth-order valence-electron chi connectivity index (χ4n) is 0. The summed E-state index contributed by atoms with van der Waals surface area (Å²) in [5.74, 6) is 0. The van der Waals surface area contributed by atoms with Gasteiger partial charge in [0.05, 0.1) is 0 Å². The van der Waals surface area contributed by atoms with Gasteiger partial charge in [-0.1, -0.05) is 0 Å². The Bertz CT molecular complexity index is 11.6. The van der Waals surface area contributed by atoms with E-state index < -0.39 is 0 Å². The molecule has 5 heavy (non-hydrogen) atoms. The van der Waals surface area contributed by atoms with Crippen molar-refractivity contribution in [2.75, 3.05) is 0 Å². The van der Waals surface area contributed by atoms with Gasteiger partial charge >= 0.3 is 0 Å². The van der Waals surface area contributed by atoms with Gasteiger partial charge in [0.1, 0.15) is 0 Å². The second-order valence-electron chi connectivity index (χ2n) is 0. The van der Waals surface area contributed by atoms with Gasteiger partial charge in [-0.2, -0.15) is 9.90 Å². The first kappa shape index (κ1) is 59.4. The second kappa shape index (κ2) is 35.7. The van der Waals surface area contributed by atoms with E-state index in [-0.39, 0.29) is 71.1 Å². The smallest absolute Gasteiger partial charge is 0 e. The van der Waals surface area contributed by atoms with Crippen LogP contribution in [0.25, 0.3) is 0 Å². The van der Waals surface area contributed by atoms with Gasteiger partial charge < -0.3 is 0 Å². The van der Waals surface area contributed by atoms with E-state index in [4.69, 9.17) is 0 Å². The van der Waals surface area contributed by atoms with Gasteiger partial charge in [0.15, 0.2) is 0 Å². The standard InChI is InChI=1S/B.Co.Ni.H3P.Zn/h;;;1H3;. The predicted octanol–water partition coefficient (Wildman–Crippen LogP) is -0.330. The van der Waals surface area contributed by atoms with E-state index in [1.54, 1.807) is 0 Å². The Morgan fingerprint density at radius 1 is 1.00 bits per heavy atom. The first-order valence-electron chi connectivity index (χ1n) is 0. The van der Waals surface area contributed by atoms with Gasteiger partial charge in [-0.3, -0.25) is 0 Å². The van der Waals surface area contributed by atoms with Gasteiger partial charge in [0.2, 0.25) is 0 Å². The molecular weight excluding hydrogens is 225 g/mol. The molecule has 0 saturated heterocycles. The third-order valence-corrected chi connectivity index (χ3v) is 0. The summed E-state index contributed by atoms with van der Waals surface area (Å²) in [4.78, 5) is 0. The number of rotatable bonds is 0. The minimum absolute atomic E-state index is 0. The van der Waals surface area contributed by atoms with Crippen LogP contribution < -0.4 is 0 Å². The maximum Gasteiger partial charge on any atom is 0 e. The number of hydrogen-bond donors (Lipinski definition) is 0. The molecule has 0 aromatic heterocycles. The summed E-state index contributed by atoms with van der Waals surface area (Å²) in [5, 5.41) is 0. The molecule has 32 valence electrons. The molecule has 0 fully saturated rings. The van der Waals surface area contributed by atoms with Gasteiger partial charge in [0, 0.05) is 61.2 Å². The average molecular weight is 228 g/mol. The molecule has 0 aliphatic heterocycles. The van der Waals surface area contributed by atoms with Gasteiger partial charge in [-0.25, -0.2) is 0 Å². The van der Waals surface area contributed by atoms with E-state index >= 15 is 0 Å². The third kappa shape index (κ3) is 23.1. The predicted molar refractivity (Wildman–Crippen MR) is 16.9 cm³/mol. The molecule has 0 bridgehead atoms. The molecule has 0 saturated carbocycles. The summed E-state index contributed by atoms with van der Waals surface area (Å²) in [6, 6.07) is 0. The Balaban J connectivity index is 0. The Morgan fingerprint density at radius 3 is 1.00 bits per heavy atom. The summed E-state index contributed by atoms with van der Waals surface area (Å²) in [5.41, 5.74) is 0. The van der Waals surface area contributed by atoms with Crippen LogP contribution in [-0.2, 0) is 52.7 Å². The summed E-state index contributed by atoms with van der Waals surface area (Å²) < 4.78 is 0. The molecule has 0 aliphatic carbocycles. The maximum absolute atomic E-state index is 0.